The molecule has 3 fully saturated rings. The fourth-order valence-electron chi connectivity index (χ4n) is 4.75. The first-order chi connectivity index (χ1) is 8.58. The summed E-state index contributed by atoms with van der Waals surface area (Å²) < 4.78 is 0. The lowest BCUT2D eigenvalue weighted by atomic mass is 9.69. The van der Waals surface area contributed by atoms with Crippen molar-refractivity contribution in [2.75, 3.05) is 0 Å². The van der Waals surface area contributed by atoms with E-state index in [-0.39, 0.29) is 0 Å². The number of carbonyl (C=O) groups excluding carboxylic acids is 1. The number of rotatable bonds is 1. The van der Waals surface area contributed by atoms with Gasteiger partial charge in [-0.05, 0) is 31.1 Å². The van der Waals surface area contributed by atoms with Crippen molar-refractivity contribution in [2.45, 2.75) is 89.8 Å². The average Bonchev–Trinajstić information content (AvgIpc) is 2.28. The summed E-state index contributed by atoms with van der Waals surface area (Å²) in [6, 6.07) is 1.88. The van der Waals surface area contributed by atoms with Crippen LogP contribution in [0.25, 0.3) is 0 Å². The number of ketones is 1. The number of hydrogen-bond acceptors (Lipinski definition) is 2. The molecule has 0 aromatic heterocycles. The molecule has 3 aliphatic rings. The van der Waals surface area contributed by atoms with Crippen LogP contribution < -0.4 is 0 Å². The first-order valence-corrected chi connectivity index (χ1v) is 7.87. The van der Waals surface area contributed by atoms with Gasteiger partial charge in [0.1, 0.15) is 5.78 Å². The Bertz CT molecular complexity index is 320. The van der Waals surface area contributed by atoms with Gasteiger partial charge in [0.2, 0.25) is 0 Å². The first kappa shape index (κ1) is 12.7. The van der Waals surface area contributed by atoms with Gasteiger partial charge in [-0.25, -0.2) is 0 Å². The third-order valence-corrected chi connectivity index (χ3v) is 5.66. The predicted octanol–water partition coefficient (Wildman–Crippen LogP) is 3.54. The van der Waals surface area contributed by atoms with E-state index in [0.717, 1.165) is 18.9 Å². The molecule has 2 heteroatoms. The first-order valence-electron chi connectivity index (χ1n) is 7.87. The molecule has 102 valence electrons. The van der Waals surface area contributed by atoms with Crippen LogP contribution in [0.15, 0.2) is 0 Å². The van der Waals surface area contributed by atoms with Crippen molar-refractivity contribution in [1.29, 1.82) is 0 Å². The number of Topliss-reactive ketones (excluding diaryl/α,β-unsaturated/α-hetero) is 1. The molecule has 2 heterocycles. The second-order valence-corrected chi connectivity index (χ2v) is 7.38. The highest BCUT2D eigenvalue weighted by molar-refractivity contribution is 5.80. The van der Waals surface area contributed by atoms with E-state index in [2.05, 4.69) is 18.7 Å². The van der Waals surface area contributed by atoms with Crippen molar-refractivity contribution in [3.63, 3.8) is 0 Å². The number of nitrogens with zero attached hydrogens (tertiary/aromatic N) is 1. The Morgan fingerprint density at radius 2 is 1.67 bits per heavy atom. The third kappa shape index (κ3) is 2.13. The molecule has 2 nitrogen and oxygen atoms in total. The molecule has 1 aliphatic carbocycles. The van der Waals surface area contributed by atoms with Crippen molar-refractivity contribution >= 4 is 5.78 Å². The maximum absolute atomic E-state index is 11.8. The second-order valence-electron chi connectivity index (χ2n) is 7.38. The summed E-state index contributed by atoms with van der Waals surface area (Å²) in [6.07, 6.45) is 11.0. The van der Waals surface area contributed by atoms with E-state index >= 15 is 0 Å². The topological polar surface area (TPSA) is 20.3 Å². The fourth-order valence-corrected chi connectivity index (χ4v) is 4.75. The van der Waals surface area contributed by atoms with Crippen LogP contribution in [0.2, 0.25) is 0 Å². The van der Waals surface area contributed by atoms with E-state index in [9.17, 15) is 4.79 Å². The average molecular weight is 249 g/mol. The molecule has 0 aromatic rings. The van der Waals surface area contributed by atoms with E-state index in [1.165, 1.54) is 44.9 Å². The number of carbonyl (C=O) groups is 1. The van der Waals surface area contributed by atoms with Gasteiger partial charge in [0.05, 0.1) is 0 Å². The molecule has 3 unspecified atom stereocenters. The van der Waals surface area contributed by atoms with Gasteiger partial charge in [0.15, 0.2) is 0 Å². The second kappa shape index (κ2) is 4.63. The van der Waals surface area contributed by atoms with E-state index in [0.29, 0.717) is 23.3 Å². The summed E-state index contributed by atoms with van der Waals surface area (Å²) in [5, 5.41) is 0. The lowest BCUT2D eigenvalue weighted by Crippen LogP contribution is -2.60. The summed E-state index contributed by atoms with van der Waals surface area (Å²) in [4.78, 5) is 14.6. The predicted molar refractivity (Wildman–Crippen MR) is 73.5 cm³/mol. The Morgan fingerprint density at radius 1 is 1.00 bits per heavy atom. The molecule has 0 N–H and O–H groups in total. The molecule has 2 bridgehead atoms. The van der Waals surface area contributed by atoms with E-state index in [4.69, 9.17) is 0 Å². The molecular formula is C16H27NO. The quantitative estimate of drug-likeness (QED) is 0.708. The minimum absolute atomic E-state index is 0.451. The Balaban J connectivity index is 1.84. The van der Waals surface area contributed by atoms with Crippen LogP contribution in [0.5, 0.6) is 0 Å². The smallest absolute Gasteiger partial charge is 0.136 e. The molecule has 0 spiro atoms. The number of fused-ring (bicyclic) bond motifs is 2. The van der Waals surface area contributed by atoms with Crippen LogP contribution >= 0.6 is 0 Å². The van der Waals surface area contributed by atoms with Crippen molar-refractivity contribution in [3.8, 4) is 0 Å². The van der Waals surface area contributed by atoms with E-state index < -0.39 is 0 Å². The summed E-state index contributed by atoms with van der Waals surface area (Å²) in [5.41, 5.74) is 0.451. The van der Waals surface area contributed by atoms with Gasteiger partial charge >= 0.3 is 0 Å². The molecule has 2 aliphatic heterocycles. The Labute approximate surface area is 111 Å². The normalized spacial score (nSPS) is 40.8. The Kier molecular flexibility index (Phi) is 3.25. The van der Waals surface area contributed by atoms with Crippen molar-refractivity contribution in [3.05, 3.63) is 0 Å². The van der Waals surface area contributed by atoms with Crippen LogP contribution in [-0.2, 0) is 4.79 Å². The van der Waals surface area contributed by atoms with Gasteiger partial charge in [-0.3, -0.25) is 9.69 Å². The summed E-state index contributed by atoms with van der Waals surface area (Å²) in [5.74, 6) is 0.523. The SMILES string of the molecule is CC1(C)CCCCC1N1C2CCCC1CC(=O)C2. The standard InChI is InChI=1S/C16H27NO/c1-16(2)9-4-3-8-15(16)17-12-6-5-7-13(17)11-14(18)10-12/h12-13,15H,3-11H2,1-2H3. The summed E-state index contributed by atoms with van der Waals surface area (Å²) >= 11 is 0. The zero-order valence-electron chi connectivity index (χ0n) is 12.0. The highest BCUT2D eigenvalue weighted by Gasteiger charge is 2.46. The number of hydrogen-bond donors (Lipinski definition) is 0. The van der Waals surface area contributed by atoms with Gasteiger partial charge in [-0.1, -0.05) is 33.1 Å². The van der Waals surface area contributed by atoms with E-state index in [1.54, 1.807) is 0 Å². The van der Waals surface area contributed by atoms with Gasteiger partial charge in [-0.2, -0.15) is 0 Å². The minimum Gasteiger partial charge on any atom is -0.300 e. The molecule has 18 heavy (non-hydrogen) atoms. The minimum atomic E-state index is 0.451. The third-order valence-electron chi connectivity index (χ3n) is 5.66. The van der Waals surface area contributed by atoms with Gasteiger partial charge in [0.25, 0.3) is 0 Å². The van der Waals surface area contributed by atoms with Crippen LogP contribution in [0, 0.1) is 5.41 Å². The van der Waals surface area contributed by atoms with Gasteiger partial charge in [0, 0.05) is 31.0 Å². The highest BCUT2D eigenvalue weighted by Crippen LogP contribution is 2.44. The maximum Gasteiger partial charge on any atom is 0.136 e. The van der Waals surface area contributed by atoms with Crippen LogP contribution in [-0.4, -0.2) is 28.8 Å². The highest BCUT2D eigenvalue weighted by atomic mass is 16.1. The number of piperidine rings is 2. The zero-order valence-corrected chi connectivity index (χ0v) is 12.0. The van der Waals surface area contributed by atoms with Gasteiger partial charge in [-0.15, -0.1) is 0 Å². The van der Waals surface area contributed by atoms with Crippen LogP contribution in [0.3, 0.4) is 0 Å². The molecule has 2 saturated heterocycles. The molecular weight excluding hydrogens is 222 g/mol. The zero-order chi connectivity index (χ0) is 12.8. The Hall–Kier alpha value is -0.370. The Morgan fingerprint density at radius 3 is 2.28 bits per heavy atom. The monoisotopic (exact) mass is 249 g/mol. The molecule has 0 amide bonds. The lowest BCUT2D eigenvalue weighted by molar-refractivity contribution is -0.132. The van der Waals surface area contributed by atoms with Crippen molar-refractivity contribution in [2.24, 2.45) is 5.41 Å². The molecule has 0 radical (unpaired) electrons. The molecule has 3 atom stereocenters. The largest absolute Gasteiger partial charge is 0.300 e. The summed E-state index contributed by atoms with van der Waals surface area (Å²) in [6.45, 7) is 4.89. The fraction of sp³-hybridized carbons (Fsp3) is 0.938. The molecule has 1 saturated carbocycles. The van der Waals surface area contributed by atoms with Crippen molar-refractivity contribution in [1.82, 2.24) is 4.90 Å². The summed E-state index contributed by atoms with van der Waals surface area (Å²) in [7, 11) is 0. The lowest BCUT2D eigenvalue weighted by Gasteiger charge is -2.55. The molecule has 3 rings (SSSR count). The van der Waals surface area contributed by atoms with Crippen molar-refractivity contribution < 1.29 is 4.79 Å². The van der Waals surface area contributed by atoms with Crippen LogP contribution in [0.4, 0.5) is 0 Å². The van der Waals surface area contributed by atoms with Crippen LogP contribution in [0.1, 0.15) is 71.6 Å². The molecule has 0 aromatic carbocycles. The van der Waals surface area contributed by atoms with Gasteiger partial charge < -0.3 is 0 Å². The van der Waals surface area contributed by atoms with E-state index in [1.807, 2.05) is 0 Å². The maximum atomic E-state index is 11.8.